The quantitative estimate of drug-likeness (QED) is 0.476. The van der Waals surface area contributed by atoms with Gasteiger partial charge in [-0.3, -0.25) is 9.69 Å². The lowest BCUT2D eigenvalue weighted by Gasteiger charge is -2.30. The van der Waals surface area contributed by atoms with E-state index in [9.17, 15) is 9.90 Å². The van der Waals surface area contributed by atoms with Gasteiger partial charge in [-0.05, 0) is 67.6 Å². The Balaban J connectivity index is 0.00000272. The second-order valence-corrected chi connectivity index (χ2v) is 8.73. The maximum absolute atomic E-state index is 11.3. The van der Waals surface area contributed by atoms with Crippen LogP contribution in [0.25, 0.3) is 0 Å². The molecule has 2 aliphatic rings. The van der Waals surface area contributed by atoms with Gasteiger partial charge >= 0.3 is 5.97 Å². The minimum absolute atomic E-state index is 0. The number of aliphatic carboxylic acids is 1. The zero-order chi connectivity index (χ0) is 21.1. The van der Waals surface area contributed by atoms with Crippen molar-refractivity contribution in [2.45, 2.75) is 25.7 Å². The third kappa shape index (κ3) is 5.72. The molecule has 0 radical (unpaired) electrons. The van der Waals surface area contributed by atoms with E-state index in [4.69, 9.17) is 28.0 Å². The number of aryl methyl sites for hydroxylation is 2. The normalized spacial score (nSPS) is 18.3. The highest BCUT2D eigenvalue weighted by molar-refractivity contribution is 6.32. The largest absolute Gasteiger partial charge is 0.481 e. The second-order valence-electron chi connectivity index (χ2n) is 7.85. The number of nitrogens with zero attached hydrogens (tertiary/aromatic N) is 2. The molecule has 0 aromatic heterocycles. The number of oxime groups is 1. The summed E-state index contributed by atoms with van der Waals surface area (Å²) in [7, 11) is 0. The van der Waals surface area contributed by atoms with Crippen LogP contribution in [0.3, 0.4) is 0 Å². The number of piperidine rings is 1. The summed E-state index contributed by atoms with van der Waals surface area (Å²) in [5.74, 6) is -1.02. The van der Waals surface area contributed by atoms with Crippen molar-refractivity contribution in [2.75, 3.05) is 26.2 Å². The van der Waals surface area contributed by atoms with Crippen LogP contribution in [0, 0.1) is 5.92 Å². The summed E-state index contributed by atoms with van der Waals surface area (Å²) in [6, 6.07) is 11.7. The molecule has 166 valence electrons. The summed E-state index contributed by atoms with van der Waals surface area (Å²) in [5.41, 5.74) is 5.02. The molecule has 1 heterocycles. The van der Waals surface area contributed by atoms with E-state index in [0.717, 1.165) is 49.1 Å². The van der Waals surface area contributed by atoms with Crippen molar-refractivity contribution in [3.05, 3.63) is 68.7 Å². The van der Waals surface area contributed by atoms with Gasteiger partial charge in [0.15, 0.2) is 0 Å². The summed E-state index contributed by atoms with van der Waals surface area (Å²) >= 11 is 12.6. The van der Waals surface area contributed by atoms with Gasteiger partial charge in [0.1, 0.15) is 12.3 Å². The van der Waals surface area contributed by atoms with Crippen LogP contribution in [0.2, 0.25) is 10.0 Å². The lowest BCUT2D eigenvalue weighted by molar-refractivity contribution is -0.143. The average molecular weight is 484 g/mol. The third-order valence-electron chi connectivity index (χ3n) is 5.83. The van der Waals surface area contributed by atoms with Crippen LogP contribution in [0.15, 0.2) is 41.6 Å². The molecule has 1 aliphatic carbocycles. The first kappa shape index (κ1) is 23.9. The van der Waals surface area contributed by atoms with Gasteiger partial charge < -0.3 is 9.94 Å². The molecule has 0 bridgehead atoms. The first-order valence-electron chi connectivity index (χ1n) is 10.2. The van der Waals surface area contributed by atoms with Gasteiger partial charge in [-0.2, -0.15) is 0 Å². The number of carboxylic acids is 1. The standard InChI is InChI=1S/C23H24Cl2N2O3.ClH/c24-18-7-5-15-3-4-16-6-8-19(25)13-21(16)22(20(15)12-18)26-30-11-10-27-9-1-2-17(14-27)23(28)29;/h5-8,12-13,17H,1-4,9-11,14H2,(H,28,29);1H/t17-;/m1./s1. The lowest BCUT2D eigenvalue weighted by atomic mass is 9.98. The zero-order valence-electron chi connectivity index (χ0n) is 17.0. The third-order valence-corrected chi connectivity index (χ3v) is 6.30. The molecule has 1 atom stereocenters. The van der Waals surface area contributed by atoms with Crippen LogP contribution in [0.5, 0.6) is 0 Å². The van der Waals surface area contributed by atoms with Gasteiger partial charge in [-0.25, -0.2) is 0 Å². The van der Waals surface area contributed by atoms with E-state index in [-0.39, 0.29) is 18.3 Å². The molecule has 8 heteroatoms. The van der Waals surface area contributed by atoms with Crippen molar-refractivity contribution >= 4 is 47.3 Å². The number of hydrogen-bond donors (Lipinski definition) is 1. The molecule has 0 amide bonds. The van der Waals surface area contributed by atoms with Crippen LogP contribution in [0.1, 0.15) is 35.1 Å². The van der Waals surface area contributed by atoms with Gasteiger partial charge in [0.05, 0.1) is 5.92 Å². The van der Waals surface area contributed by atoms with Gasteiger partial charge in [-0.1, -0.05) is 40.5 Å². The van der Waals surface area contributed by atoms with Gasteiger partial charge in [0, 0.05) is 34.3 Å². The van der Waals surface area contributed by atoms with Crippen molar-refractivity contribution in [1.82, 2.24) is 4.90 Å². The highest BCUT2D eigenvalue weighted by Crippen LogP contribution is 2.29. The zero-order valence-corrected chi connectivity index (χ0v) is 19.3. The van der Waals surface area contributed by atoms with E-state index >= 15 is 0 Å². The summed E-state index contributed by atoms with van der Waals surface area (Å²) < 4.78 is 0. The number of halogens is 3. The predicted molar refractivity (Wildman–Crippen MR) is 126 cm³/mol. The molecule has 1 aliphatic heterocycles. The molecule has 0 spiro atoms. The number of benzene rings is 2. The van der Waals surface area contributed by atoms with Crippen LogP contribution in [-0.2, 0) is 22.5 Å². The molecule has 2 aromatic rings. The molecule has 1 fully saturated rings. The van der Waals surface area contributed by atoms with Gasteiger partial charge in [-0.15, -0.1) is 12.4 Å². The van der Waals surface area contributed by atoms with E-state index in [1.165, 1.54) is 11.1 Å². The minimum atomic E-state index is -0.721. The Hall–Kier alpha value is -1.79. The van der Waals surface area contributed by atoms with E-state index in [0.29, 0.717) is 29.7 Å². The average Bonchev–Trinajstić information content (AvgIpc) is 2.88. The van der Waals surface area contributed by atoms with Crippen LogP contribution >= 0.6 is 35.6 Å². The predicted octanol–water partition coefficient (Wildman–Crippen LogP) is 5.08. The van der Waals surface area contributed by atoms with Gasteiger partial charge in [0.25, 0.3) is 0 Å². The maximum Gasteiger partial charge on any atom is 0.307 e. The highest BCUT2D eigenvalue weighted by atomic mass is 35.5. The SMILES string of the molecule is Cl.O=C(O)[C@@H]1CCCN(CCON=C2c3cc(Cl)ccc3CCc3ccc(Cl)cc32)C1. The van der Waals surface area contributed by atoms with E-state index in [2.05, 4.69) is 10.1 Å². The second kappa shape index (κ2) is 10.7. The lowest BCUT2D eigenvalue weighted by Crippen LogP contribution is -2.40. The molecule has 0 unspecified atom stereocenters. The first-order chi connectivity index (χ1) is 14.5. The Morgan fingerprint density at radius 1 is 1.10 bits per heavy atom. The van der Waals surface area contributed by atoms with Crippen LogP contribution in [-0.4, -0.2) is 47.9 Å². The van der Waals surface area contributed by atoms with Crippen molar-refractivity contribution in [1.29, 1.82) is 0 Å². The number of likely N-dealkylation sites (tertiary alicyclic amines) is 1. The van der Waals surface area contributed by atoms with E-state index in [1.54, 1.807) is 0 Å². The molecular weight excluding hydrogens is 459 g/mol. The molecule has 0 saturated carbocycles. The van der Waals surface area contributed by atoms with Crippen molar-refractivity contribution < 1.29 is 14.7 Å². The molecule has 1 saturated heterocycles. The number of fused-ring (bicyclic) bond motifs is 2. The van der Waals surface area contributed by atoms with Crippen LogP contribution in [0.4, 0.5) is 0 Å². The fraction of sp³-hybridized carbons (Fsp3) is 0.391. The first-order valence-corrected chi connectivity index (χ1v) is 11.0. The molecule has 2 aromatic carbocycles. The Morgan fingerprint density at radius 2 is 1.71 bits per heavy atom. The van der Waals surface area contributed by atoms with E-state index in [1.807, 2.05) is 36.4 Å². The topological polar surface area (TPSA) is 62.1 Å². The van der Waals surface area contributed by atoms with Crippen LogP contribution < -0.4 is 0 Å². The molecule has 1 N–H and O–H groups in total. The number of hydrogen-bond acceptors (Lipinski definition) is 4. The molecule has 4 rings (SSSR count). The Morgan fingerprint density at radius 3 is 2.29 bits per heavy atom. The summed E-state index contributed by atoms with van der Waals surface area (Å²) in [4.78, 5) is 19.1. The Kier molecular flexibility index (Phi) is 8.23. The number of carboxylic acid groups (broad SMARTS) is 1. The monoisotopic (exact) mass is 482 g/mol. The molecule has 5 nitrogen and oxygen atoms in total. The highest BCUT2D eigenvalue weighted by Gasteiger charge is 2.25. The minimum Gasteiger partial charge on any atom is -0.481 e. The summed E-state index contributed by atoms with van der Waals surface area (Å²) in [6.45, 7) is 2.49. The molecule has 31 heavy (non-hydrogen) atoms. The maximum atomic E-state index is 11.3. The fourth-order valence-electron chi connectivity index (χ4n) is 4.23. The number of rotatable bonds is 5. The van der Waals surface area contributed by atoms with Crippen molar-refractivity contribution in [3.8, 4) is 0 Å². The number of carbonyl (C=O) groups is 1. The molecular formula is C23H25Cl3N2O3. The van der Waals surface area contributed by atoms with E-state index < -0.39 is 5.97 Å². The Labute approximate surface area is 198 Å². The fourth-order valence-corrected chi connectivity index (χ4v) is 4.57. The van der Waals surface area contributed by atoms with Crippen molar-refractivity contribution in [3.63, 3.8) is 0 Å². The summed E-state index contributed by atoms with van der Waals surface area (Å²) in [5, 5.41) is 15.1. The van der Waals surface area contributed by atoms with Gasteiger partial charge in [0.2, 0.25) is 0 Å². The van der Waals surface area contributed by atoms with Crippen molar-refractivity contribution in [2.24, 2.45) is 11.1 Å². The smallest absolute Gasteiger partial charge is 0.307 e. The summed E-state index contributed by atoms with van der Waals surface area (Å²) in [6.07, 6.45) is 3.42. The Bertz CT molecular complexity index is 925.